The van der Waals surface area contributed by atoms with Gasteiger partial charge in [-0.3, -0.25) is 4.98 Å². The smallest absolute Gasteiger partial charge is 0.406 e. The van der Waals surface area contributed by atoms with E-state index in [1.807, 2.05) is 0 Å². The van der Waals surface area contributed by atoms with Gasteiger partial charge in [0.25, 0.3) is 0 Å². The number of halogens is 6. The lowest BCUT2D eigenvalue weighted by atomic mass is 9.88. The Morgan fingerprint density at radius 3 is 1.41 bits per heavy atom. The Morgan fingerprint density at radius 2 is 1.07 bits per heavy atom. The number of pyridine rings is 1. The van der Waals surface area contributed by atoms with E-state index < -0.39 is 18.6 Å². The number of alkyl halides is 6. The van der Waals surface area contributed by atoms with Crippen LogP contribution < -0.4 is 9.47 Å². The second kappa shape index (κ2) is 8.02. The van der Waals surface area contributed by atoms with Crippen LogP contribution in [0.4, 0.5) is 26.3 Å². The number of benzene rings is 2. The summed E-state index contributed by atoms with van der Waals surface area (Å²) in [6.45, 7) is 0. The standard InChI is InChI=1S/C20H13F6NO2/c21-19(22,23)28-15-8-4-13(5-9-15)18(17-3-1-2-12-27-17)14-6-10-16(11-7-14)29-20(24,25)26/h1-12,18H. The lowest BCUT2D eigenvalue weighted by Crippen LogP contribution is -2.17. The average molecular weight is 413 g/mol. The molecule has 152 valence electrons. The number of nitrogens with zero attached hydrogens (tertiary/aromatic N) is 1. The van der Waals surface area contributed by atoms with E-state index >= 15 is 0 Å². The Labute approximate surface area is 161 Å². The molecule has 3 nitrogen and oxygen atoms in total. The molecule has 9 heteroatoms. The molecule has 0 bridgehead atoms. The van der Waals surface area contributed by atoms with Crippen LogP contribution in [-0.4, -0.2) is 17.7 Å². The Kier molecular flexibility index (Phi) is 5.67. The van der Waals surface area contributed by atoms with Crippen molar-refractivity contribution in [1.29, 1.82) is 0 Å². The zero-order valence-electron chi connectivity index (χ0n) is 14.5. The molecule has 1 aromatic heterocycles. The summed E-state index contributed by atoms with van der Waals surface area (Å²) in [7, 11) is 0. The second-order valence-electron chi connectivity index (χ2n) is 5.92. The molecule has 0 aliphatic heterocycles. The van der Waals surface area contributed by atoms with Gasteiger partial charge in [-0.1, -0.05) is 30.3 Å². The monoisotopic (exact) mass is 413 g/mol. The molecule has 0 aliphatic carbocycles. The van der Waals surface area contributed by atoms with Crippen LogP contribution in [0, 0.1) is 0 Å². The van der Waals surface area contributed by atoms with Crippen molar-refractivity contribution in [3.05, 3.63) is 89.7 Å². The van der Waals surface area contributed by atoms with Crippen LogP contribution in [0.25, 0.3) is 0 Å². The summed E-state index contributed by atoms with van der Waals surface area (Å²) in [6.07, 6.45) is -8.07. The van der Waals surface area contributed by atoms with E-state index in [9.17, 15) is 26.3 Å². The van der Waals surface area contributed by atoms with Crippen LogP contribution in [0.3, 0.4) is 0 Å². The van der Waals surface area contributed by atoms with Gasteiger partial charge in [0.1, 0.15) is 11.5 Å². The van der Waals surface area contributed by atoms with E-state index in [1.165, 1.54) is 48.5 Å². The zero-order valence-corrected chi connectivity index (χ0v) is 14.5. The summed E-state index contributed by atoms with van der Waals surface area (Å²) in [5, 5.41) is 0. The highest BCUT2D eigenvalue weighted by Crippen LogP contribution is 2.34. The van der Waals surface area contributed by atoms with Gasteiger partial charge in [-0.05, 0) is 47.5 Å². The predicted octanol–water partition coefficient (Wildman–Crippen LogP) is 6.06. The van der Waals surface area contributed by atoms with E-state index in [1.54, 1.807) is 24.4 Å². The van der Waals surface area contributed by atoms with Crippen LogP contribution in [0.1, 0.15) is 22.7 Å². The maximum atomic E-state index is 12.4. The highest BCUT2D eigenvalue weighted by Gasteiger charge is 2.32. The van der Waals surface area contributed by atoms with Crippen LogP contribution >= 0.6 is 0 Å². The average Bonchev–Trinajstić information content (AvgIpc) is 2.63. The maximum Gasteiger partial charge on any atom is 0.573 e. The topological polar surface area (TPSA) is 31.4 Å². The highest BCUT2D eigenvalue weighted by atomic mass is 19.4. The van der Waals surface area contributed by atoms with Gasteiger partial charge in [0.05, 0.1) is 11.6 Å². The molecule has 0 atom stereocenters. The Morgan fingerprint density at radius 1 is 0.621 bits per heavy atom. The fraction of sp³-hybridized carbons (Fsp3) is 0.150. The summed E-state index contributed by atoms with van der Waals surface area (Å²) in [5.74, 6) is -1.28. The van der Waals surface area contributed by atoms with Crippen molar-refractivity contribution >= 4 is 0 Å². The Balaban J connectivity index is 1.94. The third kappa shape index (κ3) is 5.87. The minimum absolute atomic E-state index is 0.380. The molecule has 0 radical (unpaired) electrons. The van der Waals surface area contributed by atoms with Gasteiger partial charge in [-0.2, -0.15) is 0 Å². The third-order valence-electron chi connectivity index (χ3n) is 3.88. The van der Waals surface area contributed by atoms with Crippen molar-refractivity contribution < 1.29 is 35.8 Å². The fourth-order valence-electron chi connectivity index (χ4n) is 2.80. The largest absolute Gasteiger partial charge is 0.573 e. The first-order valence-corrected chi connectivity index (χ1v) is 8.23. The van der Waals surface area contributed by atoms with Crippen molar-refractivity contribution in [3.63, 3.8) is 0 Å². The van der Waals surface area contributed by atoms with Gasteiger partial charge in [0.2, 0.25) is 0 Å². The molecule has 1 heterocycles. The Hall–Kier alpha value is -3.23. The van der Waals surface area contributed by atoms with E-state index in [0.29, 0.717) is 16.8 Å². The van der Waals surface area contributed by atoms with Crippen molar-refractivity contribution in [1.82, 2.24) is 4.98 Å². The molecule has 0 N–H and O–H groups in total. The molecule has 0 spiro atoms. The number of rotatable bonds is 5. The van der Waals surface area contributed by atoms with E-state index in [2.05, 4.69) is 14.5 Å². The quantitative estimate of drug-likeness (QED) is 0.477. The van der Waals surface area contributed by atoms with Gasteiger partial charge < -0.3 is 9.47 Å². The highest BCUT2D eigenvalue weighted by molar-refractivity contribution is 5.43. The third-order valence-corrected chi connectivity index (χ3v) is 3.88. The van der Waals surface area contributed by atoms with Crippen LogP contribution in [0.2, 0.25) is 0 Å². The number of aromatic nitrogens is 1. The summed E-state index contributed by atoms with van der Waals surface area (Å²) < 4.78 is 81.9. The fourth-order valence-corrected chi connectivity index (χ4v) is 2.80. The van der Waals surface area contributed by atoms with E-state index in [0.717, 1.165) is 0 Å². The number of ether oxygens (including phenoxy) is 2. The Bertz CT molecular complexity index is 863. The van der Waals surface area contributed by atoms with Crippen molar-refractivity contribution in [2.75, 3.05) is 0 Å². The predicted molar refractivity (Wildman–Crippen MR) is 91.4 cm³/mol. The van der Waals surface area contributed by atoms with Gasteiger partial charge >= 0.3 is 12.7 Å². The second-order valence-corrected chi connectivity index (χ2v) is 5.92. The molecule has 3 rings (SSSR count). The SMILES string of the molecule is FC(F)(F)Oc1ccc(C(c2ccc(OC(F)(F)F)cc2)c2ccccn2)cc1. The van der Waals surface area contributed by atoms with Gasteiger partial charge in [-0.25, -0.2) is 0 Å². The normalized spacial score (nSPS) is 12.1. The molecule has 0 saturated heterocycles. The summed E-state index contributed by atoms with van der Waals surface area (Å²) in [4.78, 5) is 4.27. The molecule has 0 amide bonds. The summed E-state index contributed by atoms with van der Waals surface area (Å²) >= 11 is 0. The molecule has 0 saturated carbocycles. The van der Waals surface area contributed by atoms with Crippen LogP contribution in [-0.2, 0) is 0 Å². The molecule has 29 heavy (non-hydrogen) atoms. The summed E-state index contributed by atoms with van der Waals surface area (Å²) in [6, 6.07) is 15.6. The van der Waals surface area contributed by atoms with Crippen LogP contribution in [0.5, 0.6) is 11.5 Å². The first kappa shape index (κ1) is 20.5. The lowest BCUT2D eigenvalue weighted by molar-refractivity contribution is -0.275. The van der Waals surface area contributed by atoms with Crippen molar-refractivity contribution in [3.8, 4) is 11.5 Å². The lowest BCUT2D eigenvalue weighted by Gasteiger charge is -2.19. The van der Waals surface area contributed by atoms with Gasteiger partial charge in [0, 0.05) is 6.20 Å². The van der Waals surface area contributed by atoms with Crippen molar-refractivity contribution in [2.24, 2.45) is 0 Å². The summed E-state index contributed by atoms with van der Waals surface area (Å²) in [5.41, 5.74) is 1.74. The van der Waals surface area contributed by atoms with E-state index in [-0.39, 0.29) is 11.5 Å². The number of hydrogen-bond acceptors (Lipinski definition) is 3. The number of hydrogen-bond donors (Lipinski definition) is 0. The molecule has 0 unspecified atom stereocenters. The minimum atomic E-state index is -4.81. The molecular weight excluding hydrogens is 400 g/mol. The molecule has 0 aliphatic rings. The van der Waals surface area contributed by atoms with Gasteiger partial charge in [-0.15, -0.1) is 26.3 Å². The van der Waals surface area contributed by atoms with E-state index in [4.69, 9.17) is 0 Å². The minimum Gasteiger partial charge on any atom is -0.406 e. The maximum absolute atomic E-state index is 12.4. The molecular formula is C20H13F6NO2. The van der Waals surface area contributed by atoms with Gasteiger partial charge in [0.15, 0.2) is 0 Å². The first-order chi connectivity index (χ1) is 13.6. The first-order valence-electron chi connectivity index (χ1n) is 8.23. The molecule has 2 aromatic carbocycles. The molecule has 0 fully saturated rings. The van der Waals surface area contributed by atoms with Crippen molar-refractivity contribution in [2.45, 2.75) is 18.6 Å². The molecule has 3 aromatic rings. The van der Waals surface area contributed by atoms with Crippen LogP contribution in [0.15, 0.2) is 72.9 Å². The zero-order chi connectivity index (χ0) is 21.1.